The van der Waals surface area contributed by atoms with E-state index >= 15 is 8.78 Å². The van der Waals surface area contributed by atoms with Crippen LogP contribution in [0.3, 0.4) is 0 Å². The summed E-state index contributed by atoms with van der Waals surface area (Å²) in [4.78, 5) is 14.9. The summed E-state index contributed by atoms with van der Waals surface area (Å²) in [6, 6.07) is 8.47. The molecule has 0 saturated carbocycles. The predicted molar refractivity (Wildman–Crippen MR) is 162 cm³/mol. The molecule has 4 unspecified atom stereocenters. The Bertz CT molecular complexity index is 1340. The van der Waals surface area contributed by atoms with Crippen molar-refractivity contribution in [3.05, 3.63) is 69.2 Å². The zero-order valence-electron chi connectivity index (χ0n) is 25.0. The van der Waals surface area contributed by atoms with E-state index in [0.29, 0.717) is 6.42 Å². The van der Waals surface area contributed by atoms with Crippen LogP contribution < -0.4 is 0 Å². The molecule has 0 aromatic heterocycles. The van der Waals surface area contributed by atoms with Gasteiger partial charge in [-0.3, -0.25) is 9.69 Å². The second kappa shape index (κ2) is 11.9. The number of likely N-dealkylation sites (tertiary alicyclic amines) is 1. The SMILES string of the molecule is CC(C)(C)CC1N(CCO[Si](C)(C)C(C)(C)C)C(C(=O)O)C(c2cccc(Cl)c2F)C1(C#N)c1ccc(Cl)cc1F. The quantitative estimate of drug-likeness (QED) is 0.298. The summed E-state index contributed by atoms with van der Waals surface area (Å²) in [6.07, 6.45) is 0.325. The molecule has 1 heterocycles. The van der Waals surface area contributed by atoms with Crippen molar-refractivity contribution in [2.45, 2.75) is 89.5 Å². The predicted octanol–water partition coefficient (Wildman–Crippen LogP) is 8.41. The minimum absolute atomic E-state index is 0.0258. The third-order valence-electron chi connectivity index (χ3n) is 8.65. The molecular weight excluding hydrogens is 585 g/mol. The van der Waals surface area contributed by atoms with E-state index in [0.717, 1.165) is 6.07 Å². The van der Waals surface area contributed by atoms with Crippen LogP contribution in [0.15, 0.2) is 36.4 Å². The van der Waals surface area contributed by atoms with Gasteiger partial charge in [0.15, 0.2) is 8.32 Å². The summed E-state index contributed by atoms with van der Waals surface area (Å²) in [5.41, 5.74) is -2.28. The van der Waals surface area contributed by atoms with Gasteiger partial charge in [-0.05, 0) is 53.7 Å². The van der Waals surface area contributed by atoms with Gasteiger partial charge in [0.2, 0.25) is 0 Å². The smallest absolute Gasteiger partial charge is 0.321 e. The molecule has 0 aliphatic carbocycles. The third-order valence-corrected chi connectivity index (χ3v) is 13.7. The second-order valence-electron chi connectivity index (χ2n) is 13.6. The molecule has 5 nitrogen and oxygen atoms in total. The van der Waals surface area contributed by atoms with E-state index in [2.05, 4.69) is 39.9 Å². The van der Waals surface area contributed by atoms with Gasteiger partial charge in [0, 0.05) is 35.7 Å². The lowest BCUT2D eigenvalue weighted by atomic mass is 9.62. The number of hydrogen-bond donors (Lipinski definition) is 1. The van der Waals surface area contributed by atoms with E-state index in [-0.39, 0.29) is 39.4 Å². The van der Waals surface area contributed by atoms with Crippen molar-refractivity contribution in [1.29, 1.82) is 5.26 Å². The van der Waals surface area contributed by atoms with E-state index in [9.17, 15) is 15.2 Å². The van der Waals surface area contributed by atoms with Gasteiger partial charge in [-0.15, -0.1) is 0 Å². The first-order valence-corrected chi connectivity index (χ1v) is 17.4. The Hall–Kier alpha value is -2.02. The van der Waals surface area contributed by atoms with Gasteiger partial charge in [0.25, 0.3) is 0 Å². The van der Waals surface area contributed by atoms with Crippen molar-refractivity contribution in [3.8, 4) is 6.07 Å². The molecule has 0 spiro atoms. The number of carbonyl (C=O) groups is 1. The largest absolute Gasteiger partial charge is 0.480 e. The highest BCUT2D eigenvalue weighted by Crippen LogP contribution is 2.56. The second-order valence-corrected chi connectivity index (χ2v) is 19.3. The van der Waals surface area contributed by atoms with E-state index in [1.54, 1.807) is 4.90 Å². The zero-order valence-corrected chi connectivity index (χ0v) is 27.5. The summed E-state index contributed by atoms with van der Waals surface area (Å²) < 4.78 is 38.1. The normalized spacial score (nSPS) is 23.9. The molecular formula is C31H40Cl2F2N2O3Si. The highest BCUT2D eigenvalue weighted by Gasteiger charge is 2.65. The Morgan fingerprint density at radius 2 is 1.78 bits per heavy atom. The van der Waals surface area contributed by atoms with Crippen LogP contribution in [-0.2, 0) is 14.6 Å². The molecule has 41 heavy (non-hydrogen) atoms. The number of aliphatic carboxylic acids is 1. The number of carboxylic acids is 1. The molecule has 0 bridgehead atoms. The van der Waals surface area contributed by atoms with E-state index < -0.39 is 54.8 Å². The van der Waals surface area contributed by atoms with Crippen LogP contribution in [0.5, 0.6) is 0 Å². The van der Waals surface area contributed by atoms with Gasteiger partial charge in [0.05, 0.1) is 11.1 Å². The van der Waals surface area contributed by atoms with Crippen molar-refractivity contribution < 1.29 is 23.1 Å². The standard InChI is InChI=1S/C31H40Cl2F2N2O3Si/c1-29(2,3)17-24-31(18-36,21-13-12-19(32)16-23(21)34)25(20-10-9-11-22(33)26(20)35)27(28(38)39)37(24)14-15-40-41(7,8)30(4,5)6/h9-13,16,24-25,27H,14-15,17H2,1-8H3,(H,38,39). The Kier molecular flexibility index (Phi) is 9.74. The summed E-state index contributed by atoms with van der Waals surface area (Å²) in [5, 5.41) is 21.6. The Balaban J connectivity index is 2.35. The number of hydrogen-bond acceptors (Lipinski definition) is 4. The fraction of sp³-hybridized carbons (Fsp3) is 0.548. The summed E-state index contributed by atoms with van der Waals surface area (Å²) in [5.74, 6) is -4.12. The van der Waals surface area contributed by atoms with Gasteiger partial charge < -0.3 is 9.53 Å². The average molecular weight is 626 g/mol. The molecule has 0 radical (unpaired) electrons. The number of rotatable bonds is 8. The topological polar surface area (TPSA) is 73.6 Å². The molecule has 1 saturated heterocycles. The minimum atomic E-state index is -2.21. The van der Waals surface area contributed by atoms with Crippen molar-refractivity contribution >= 4 is 37.5 Å². The third kappa shape index (κ3) is 6.50. The average Bonchev–Trinajstić information content (AvgIpc) is 3.08. The molecule has 4 atom stereocenters. The maximum Gasteiger partial charge on any atom is 0.321 e. The highest BCUT2D eigenvalue weighted by atomic mass is 35.5. The molecule has 3 rings (SSSR count). The Labute approximate surface area is 253 Å². The maximum atomic E-state index is 15.9. The Morgan fingerprint density at radius 1 is 1.15 bits per heavy atom. The summed E-state index contributed by atoms with van der Waals surface area (Å²) in [7, 11) is -2.21. The van der Waals surface area contributed by atoms with Gasteiger partial charge in [-0.25, -0.2) is 8.78 Å². The van der Waals surface area contributed by atoms with Gasteiger partial charge >= 0.3 is 5.97 Å². The van der Waals surface area contributed by atoms with Crippen LogP contribution in [0.2, 0.25) is 28.2 Å². The molecule has 1 aliphatic rings. The molecule has 1 fully saturated rings. The lowest BCUT2D eigenvalue weighted by Gasteiger charge is -2.40. The fourth-order valence-electron chi connectivity index (χ4n) is 5.72. The number of nitriles is 1. The molecule has 0 amide bonds. The molecule has 224 valence electrons. The van der Waals surface area contributed by atoms with Crippen LogP contribution >= 0.6 is 23.2 Å². The van der Waals surface area contributed by atoms with E-state index in [1.807, 2.05) is 20.8 Å². The van der Waals surface area contributed by atoms with Crippen LogP contribution in [-0.4, -0.2) is 49.5 Å². The maximum absolute atomic E-state index is 15.9. The van der Waals surface area contributed by atoms with Crippen molar-refractivity contribution in [2.75, 3.05) is 13.2 Å². The first kappa shape index (κ1) is 33.5. The molecule has 1 aliphatic heterocycles. The Morgan fingerprint density at radius 3 is 2.29 bits per heavy atom. The van der Waals surface area contributed by atoms with Crippen LogP contribution in [0, 0.1) is 28.4 Å². The lowest BCUT2D eigenvalue weighted by Crippen LogP contribution is -2.49. The number of halogens is 4. The lowest BCUT2D eigenvalue weighted by molar-refractivity contribution is -0.143. The number of carboxylic acid groups (broad SMARTS) is 1. The number of nitrogens with zero attached hydrogens (tertiary/aromatic N) is 2. The summed E-state index contributed by atoms with van der Waals surface area (Å²) >= 11 is 12.3. The van der Waals surface area contributed by atoms with E-state index in [4.69, 9.17) is 27.6 Å². The number of benzene rings is 2. The minimum Gasteiger partial charge on any atom is -0.480 e. The van der Waals surface area contributed by atoms with Crippen LogP contribution in [0.25, 0.3) is 0 Å². The molecule has 10 heteroatoms. The summed E-state index contributed by atoms with van der Waals surface area (Å²) in [6.45, 7) is 16.8. The van der Waals surface area contributed by atoms with E-state index in [1.165, 1.54) is 30.3 Å². The van der Waals surface area contributed by atoms with Gasteiger partial charge in [-0.1, -0.05) is 82.9 Å². The highest BCUT2D eigenvalue weighted by molar-refractivity contribution is 6.74. The monoisotopic (exact) mass is 624 g/mol. The molecule has 1 N–H and O–H groups in total. The van der Waals surface area contributed by atoms with Crippen molar-refractivity contribution in [1.82, 2.24) is 4.90 Å². The van der Waals surface area contributed by atoms with Crippen LogP contribution in [0.4, 0.5) is 8.78 Å². The van der Waals surface area contributed by atoms with Gasteiger partial charge in [-0.2, -0.15) is 5.26 Å². The fourth-order valence-corrected chi connectivity index (χ4v) is 7.09. The first-order valence-electron chi connectivity index (χ1n) is 13.7. The van der Waals surface area contributed by atoms with Crippen LogP contribution in [0.1, 0.15) is 65.0 Å². The zero-order chi connectivity index (χ0) is 31.1. The van der Waals surface area contributed by atoms with Gasteiger partial charge in [0.1, 0.15) is 23.1 Å². The molecule has 2 aromatic carbocycles. The first-order chi connectivity index (χ1) is 18.8. The molecule has 2 aromatic rings. The van der Waals surface area contributed by atoms with Crippen molar-refractivity contribution in [3.63, 3.8) is 0 Å². The van der Waals surface area contributed by atoms with Crippen molar-refractivity contribution in [2.24, 2.45) is 5.41 Å².